The quantitative estimate of drug-likeness (QED) is 0.840. The molecule has 1 aromatic carbocycles. The maximum Gasteiger partial charge on any atom is 0.0445 e. The Kier molecular flexibility index (Phi) is 4.37. The lowest BCUT2D eigenvalue weighted by atomic mass is 9.99. The molecular formula is C14H21NO. The summed E-state index contributed by atoms with van der Waals surface area (Å²) in [5.74, 6) is 0. The van der Waals surface area contributed by atoms with E-state index in [-0.39, 0.29) is 0 Å². The van der Waals surface area contributed by atoms with Crippen LogP contribution in [0.3, 0.4) is 0 Å². The Bertz CT molecular complexity index is 297. The van der Waals surface area contributed by atoms with Crippen LogP contribution in [-0.4, -0.2) is 29.2 Å². The first-order valence-corrected chi connectivity index (χ1v) is 6.29. The summed E-state index contributed by atoms with van der Waals surface area (Å²) >= 11 is 0. The zero-order valence-electron chi connectivity index (χ0n) is 9.81. The van der Waals surface area contributed by atoms with E-state index >= 15 is 0 Å². The maximum atomic E-state index is 9.08. The zero-order valence-corrected chi connectivity index (χ0v) is 9.81. The van der Waals surface area contributed by atoms with Crippen LogP contribution in [0.15, 0.2) is 30.3 Å². The van der Waals surface area contributed by atoms with Gasteiger partial charge in [-0.25, -0.2) is 0 Å². The highest BCUT2D eigenvalue weighted by Crippen LogP contribution is 2.21. The van der Waals surface area contributed by atoms with E-state index in [4.69, 9.17) is 5.11 Å². The second-order valence-electron chi connectivity index (χ2n) is 4.62. The van der Waals surface area contributed by atoms with Crippen LogP contribution in [0.25, 0.3) is 0 Å². The molecule has 2 nitrogen and oxygen atoms in total. The van der Waals surface area contributed by atoms with Gasteiger partial charge in [0.05, 0.1) is 0 Å². The van der Waals surface area contributed by atoms with Crippen LogP contribution in [0.2, 0.25) is 0 Å². The number of rotatable bonds is 4. The highest BCUT2D eigenvalue weighted by atomic mass is 16.3. The Balaban J connectivity index is 1.96. The van der Waals surface area contributed by atoms with Crippen LogP contribution in [-0.2, 0) is 6.54 Å². The maximum absolute atomic E-state index is 9.08. The van der Waals surface area contributed by atoms with Gasteiger partial charge in [0.25, 0.3) is 0 Å². The third-order valence-electron chi connectivity index (χ3n) is 3.44. The molecule has 0 spiro atoms. The molecule has 1 heterocycles. The van der Waals surface area contributed by atoms with Crippen LogP contribution in [0, 0.1) is 0 Å². The van der Waals surface area contributed by atoms with Crippen molar-refractivity contribution in [2.24, 2.45) is 0 Å². The second kappa shape index (κ2) is 6.02. The van der Waals surface area contributed by atoms with Crippen molar-refractivity contribution < 1.29 is 5.11 Å². The van der Waals surface area contributed by atoms with Crippen LogP contribution < -0.4 is 0 Å². The summed E-state index contributed by atoms with van der Waals surface area (Å²) in [7, 11) is 0. The van der Waals surface area contributed by atoms with E-state index in [1.807, 2.05) is 0 Å². The monoisotopic (exact) mass is 219 g/mol. The van der Waals surface area contributed by atoms with Crippen LogP contribution in [0.5, 0.6) is 0 Å². The summed E-state index contributed by atoms with van der Waals surface area (Å²) in [4.78, 5) is 2.52. The minimum Gasteiger partial charge on any atom is -0.396 e. The van der Waals surface area contributed by atoms with Crippen LogP contribution in [0.4, 0.5) is 0 Å². The summed E-state index contributed by atoms with van der Waals surface area (Å²) in [6, 6.07) is 11.2. The van der Waals surface area contributed by atoms with Gasteiger partial charge in [0.15, 0.2) is 0 Å². The predicted molar refractivity (Wildman–Crippen MR) is 66.2 cm³/mol. The molecule has 0 unspecified atom stereocenters. The first-order valence-electron chi connectivity index (χ1n) is 6.29. The lowest BCUT2D eigenvalue weighted by Crippen LogP contribution is -2.39. The number of piperidine rings is 1. The molecule has 0 radical (unpaired) electrons. The SMILES string of the molecule is OCC[C@H]1CCCCN1Cc1ccccc1. The van der Waals surface area contributed by atoms with Gasteiger partial charge >= 0.3 is 0 Å². The molecule has 0 amide bonds. The first kappa shape index (κ1) is 11.6. The number of benzene rings is 1. The highest BCUT2D eigenvalue weighted by Gasteiger charge is 2.21. The summed E-state index contributed by atoms with van der Waals surface area (Å²) < 4.78 is 0. The molecule has 1 saturated heterocycles. The highest BCUT2D eigenvalue weighted by molar-refractivity contribution is 5.14. The van der Waals surface area contributed by atoms with Crippen molar-refractivity contribution in [3.8, 4) is 0 Å². The summed E-state index contributed by atoms with van der Waals surface area (Å²) in [5.41, 5.74) is 1.38. The number of likely N-dealkylation sites (tertiary alicyclic amines) is 1. The molecule has 0 bridgehead atoms. The molecule has 1 atom stereocenters. The molecule has 1 N–H and O–H groups in total. The number of aliphatic hydroxyl groups is 1. The van der Waals surface area contributed by atoms with Gasteiger partial charge in [-0.3, -0.25) is 4.90 Å². The Labute approximate surface area is 97.9 Å². The number of nitrogens with zero attached hydrogens (tertiary/aromatic N) is 1. The van der Waals surface area contributed by atoms with Gasteiger partial charge in [-0.2, -0.15) is 0 Å². The fourth-order valence-electron chi connectivity index (χ4n) is 2.56. The predicted octanol–water partition coefficient (Wildman–Crippen LogP) is 2.42. The van der Waals surface area contributed by atoms with E-state index in [1.54, 1.807) is 0 Å². The summed E-state index contributed by atoms with van der Waals surface area (Å²) in [6.07, 6.45) is 4.78. The molecule has 0 saturated carbocycles. The Morgan fingerprint density at radius 3 is 2.75 bits per heavy atom. The molecule has 2 rings (SSSR count). The normalized spacial score (nSPS) is 22.2. The standard InChI is InChI=1S/C14H21NO/c16-11-9-14-8-4-5-10-15(14)12-13-6-2-1-3-7-13/h1-3,6-7,14,16H,4-5,8-12H2/t14-/m1/s1. The fraction of sp³-hybridized carbons (Fsp3) is 0.571. The van der Waals surface area contributed by atoms with E-state index in [0.717, 1.165) is 13.0 Å². The van der Waals surface area contributed by atoms with Gasteiger partial charge in [0, 0.05) is 19.2 Å². The Hall–Kier alpha value is -0.860. The van der Waals surface area contributed by atoms with Gasteiger partial charge in [-0.05, 0) is 31.4 Å². The Morgan fingerprint density at radius 2 is 2.00 bits per heavy atom. The molecule has 1 aromatic rings. The third kappa shape index (κ3) is 3.06. The molecule has 16 heavy (non-hydrogen) atoms. The van der Waals surface area contributed by atoms with E-state index < -0.39 is 0 Å². The van der Waals surface area contributed by atoms with Gasteiger partial charge in [-0.1, -0.05) is 36.8 Å². The minimum absolute atomic E-state index is 0.315. The van der Waals surface area contributed by atoms with Crippen LogP contribution in [0.1, 0.15) is 31.2 Å². The van der Waals surface area contributed by atoms with Crippen molar-refractivity contribution in [3.63, 3.8) is 0 Å². The van der Waals surface area contributed by atoms with E-state index in [2.05, 4.69) is 35.2 Å². The molecule has 2 heteroatoms. The molecule has 1 aliphatic heterocycles. The average molecular weight is 219 g/mol. The van der Waals surface area contributed by atoms with Gasteiger partial charge < -0.3 is 5.11 Å². The molecule has 88 valence electrons. The average Bonchev–Trinajstić information content (AvgIpc) is 2.33. The second-order valence-corrected chi connectivity index (χ2v) is 4.62. The van der Waals surface area contributed by atoms with E-state index in [1.165, 1.54) is 31.4 Å². The lowest BCUT2D eigenvalue weighted by molar-refractivity contribution is 0.112. The first-order chi connectivity index (χ1) is 7.90. The van der Waals surface area contributed by atoms with E-state index in [0.29, 0.717) is 12.6 Å². The largest absolute Gasteiger partial charge is 0.396 e. The molecular weight excluding hydrogens is 198 g/mol. The van der Waals surface area contributed by atoms with Crippen molar-refractivity contribution in [1.82, 2.24) is 4.90 Å². The Morgan fingerprint density at radius 1 is 1.19 bits per heavy atom. The smallest absolute Gasteiger partial charge is 0.0445 e. The lowest BCUT2D eigenvalue weighted by Gasteiger charge is -2.35. The zero-order chi connectivity index (χ0) is 11.2. The molecule has 0 aliphatic carbocycles. The summed E-state index contributed by atoms with van der Waals surface area (Å²) in [6.45, 7) is 2.53. The summed E-state index contributed by atoms with van der Waals surface area (Å²) in [5, 5.41) is 9.08. The minimum atomic E-state index is 0.315. The van der Waals surface area contributed by atoms with E-state index in [9.17, 15) is 0 Å². The fourth-order valence-corrected chi connectivity index (χ4v) is 2.56. The molecule has 0 aromatic heterocycles. The number of hydrogen-bond acceptors (Lipinski definition) is 2. The van der Waals surface area contributed by atoms with Crippen molar-refractivity contribution in [3.05, 3.63) is 35.9 Å². The number of hydrogen-bond donors (Lipinski definition) is 1. The topological polar surface area (TPSA) is 23.5 Å². The molecule has 1 aliphatic rings. The van der Waals surface area contributed by atoms with Gasteiger partial charge in [0.2, 0.25) is 0 Å². The van der Waals surface area contributed by atoms with Crippen molar-refractivity contribution >= 4 is 0 Å². The van der Waals surface area contributed by atoms with Crippen molar-refractivity contribution in [2.75, 3.05) is 13.2 Å². The molecule has 1 fully saturated rings. The third-order valence-corrected chi connectivity index (χ3v) is 3.44. The van der Waals surface area contributed by atoms with Crippen molar-refractivity contribution in [1.29, 1.82) is 0 Å². The van der Waals surface area contributed by atoms with Crippen molar-refractivity contribution in [2.45, 2.75) is 38.3 Å². The van der Waals surface area contributed by atoms with Gasteiger partial charge in [0.1, 0.15) is 0 Å². The van der Waals surface area contributed by atoms with Crippen LogP contribution >= 0.6 is 0 Å². The van der Waals surface area contributed by atoms with Gasteiger partial charge in [-0.15, -0.1) is 0 Å². The number of aliphatic hydroxyl groups excluding tert-OH is 1.